The molecule has 1 saturated heterocycles. The number of nitrogens with one attached hydrogen (secondary N) is 3. The van der Waals surface area contributed by atoms with Crippen molar-refractivity contribution in [1.29, 1.82) is 0 Å². The van der Waals surface area contributed by atoms with Crippen molar-refractivity contribution in [3.63, 3.8) is 0 Å². The third kappa shape index (κ3) is 7.51. The zero-order valence-electron chi connectivity index (χ0n) is 15.6. The zero-order chi connectivity index (χ0) is 16.3. The molecule has 4 heteroatoms. The highest BCUT2D eigenvalue weighted by Crippen LogP contribution is 2.27. The van der Waals surface area contributed by atoms with E-state index in [2.05, 4.69) is 24.6 Å². The second-order valence-electron chi connectivity index (χ2n) is 7.60. The van der Waals surface area contributed by atoms with E-state index in [1.54, 1.807) is 0 Å². The van der Waals surface area contributed by atoms with Gasteiger partial charge in [-0.25, -0.2) is 0 Å². The van der Waals surface area contributed by atoms with E-state index >= 15 is 0 Å². The maximum atomic E-state index is 4.90. The Balaban J connectivity index is 1.65. The Bertz CT molecular complexity index is 293. The lowest BCUT2D eigenvalue weighted by molar-refractivity contribution is -0.895. The van der Waals surface area contributed by atoms with E-state index in [-0.39, 0.29) is 0 Å². The summed E-state index contributed by atoms with van der Waals surface area (Å²) in [6.07, 6.45) is 14.3. The maximum Gasteiger partial charge on any atom is 0.135 e. The van der Waals surface area contributed by atoms with Crippen LogP contribution in [-0.2, 0) is 0 Å². The Morgan fingerprint density at radius 1 is 1.04 bits per heavy atom. The topological polar surface area (TPSA) is 42.6 Å². The van der Waals surface area contributed by atoms with Crippen molar-refractivity contribution in [2.24, 2.45) is 11.8 Å². The van der Waals surface area contributed by atoms with Gasteiger partial charge in [-0.15, -0.1) is 6.54 Å². The second-order valence-corrected chi connectivity index (χ2v) is 7.60. The molecule has 23 heavy (non-hydrogen) atoms. The summed E-state index contributed by atoms with van der Waals surface area (Å²) in [6.45, 7) is 6.90. The molecular weight excluding hydrogens is 284 g/mol. The van der Waals surface area contributed by atoms with E-state index in [1.165, 1.54) is 82.3 Å². The molecule has 2 fully saturated rings. The van der Waals surface area contributed by atoms with E-state index in [4.69, 9.17) is 5.43 Å². The second kappa shape index (κ2) is 11.4. The van der Waals surface area contributed by atoms with Crippen LogP contribution in [0.1, 0.15) is 71.1 Å². The third-order valence-corrected chi connectivity index (χ3v) is 5.61. The van der Waals surface area contributed by atoms with Gasteiger partial charge in [0.25, 0.3) is 0 Å². The average molecular weight is 325 g/mol. The fourth-order valence-electron chi connectivity index (χ4n) is 3.96. The van der Waals surface area contributed by atoms with Crippen LogP contribution in [0.2, 0.25) is 0 Å². The first-order valence-electron chi connectivity index (χ1n) is 10.3. The fourth-order valence-corrected chi connectivity index (χ4v) is 3.96. The van der Waals surface area contributed by atoms with E-state index < -0.39 is 0 Å². The average Bonchev–Trinajstić information content (AvgIpc) is 3.37. The van der Waals surface area contributed by atoms with Crippen LogP contribution in [0.4, 0.5) is 0 Å². The largest absolute Gasteiger partial charge is 0.453 e. The van der Waals surface area contributed by atoms with Crippen LogP contribution in [0, 0.1) is 11.8 Å². The van der Waals surface area contributed by atoms with E-state index in [1.807, 2.05) is 0 Å². The first-order valence-corrected chi connectivity index (χ1v) is 10.3. The zero-order valence-corrected chi connectivity index (χ0v) is 15.6. The summed E-state index contributed by atoms with van der Waals surface area (Å²) < 4.78 is 0. The Labute approximate surface area is 144 Å². The summed E-state index contributed by atoms with van der Waals surface area (Å²) in [5, 5.41) is 8.63. The minimum Gasteiger partial charge on any atom is -0.453 e. The molecule has 0 amide bonds. The molecule has 0 aromatic heterocycles. The Kier molecular flexibility index (Phi) is 9.50. The molecule has 0 bridgehead atoms. The normalized spacial score (nSPS) is 29.7. The SMILES string of the molecule is CC[NH+]1[N-]CCCCCC(CCCCCNCC2CC2)C1NC. The first kappa shape index (κ1) is 19.2. The molecule has 1 aliphatic carbocycles. The molecule has 3 N–H and O–H groups in total. The molecule has 1 aliphatic heterocycles. The molecule has 0 aromatic carbocycles. The Morgan fingerprint density at radius 2 is 1.91 bits per heavy atom. The van der Waals surface area contributed by atoms with Gasteiger partial charge in [-0.2, -0.15) is 0 Å². The van der Waals surface area contributed by atoms with Gasteiger partial charge >= 0.3 is 0 Å². The predicted octanol–water partition coefficient (Wildman–Crippen LogP) is 2.48. The Hall–Kier alpha value is -0.160. The van der Waals surface area contributed by atoms with Gasteiger partial charge in [-0.1, -0.05) is 32.1 Å². The molecule has 2 rings (SSSR count). The summed E-state index contributed by atoms with van der Waals surface area (Å²) >= 11 is 0. The first-order chi connectivity index (χ1) is 11.3. The number of hydrogen-bond acceptors (Lipinski definition) is 2. The van der Waals surface area contributed by atoms with Gasteiger partial charge in [-0.3, -0.25) is 5.32 Å². The fraction of sp³-hybridized carbons (Fsp3) is 1.00. The molecular formula is C19H40N4. The lowest BCUT2D eigenvalue weighted by atomic mass is 9.92. The minimum absolute atomic E-state index is 0.520. The van der Waals surface area contributed by atoms with Crippen molar-refractivity contribution >= 4 is 0 Å². The molecule has 1 saturated carbocycles. The standard InChI is InChI=1S/C19H40N4/c1-3-23-19(20-2)18(11-7-5-9-15-22-23)10-6-4-8-14-21-16-17-12-13-17/h17-21,23H,3-16H2,1-2H3. The maximum absolute atomic E-state index is 4.90. The number of hydrogen-bond donors (Lipinski definition) is 3. The number of rotatable bonds is 10. The van der Waals surface area contributed by atoms with Crippen LogP contribution in [0.3, 0.4) is 0 Å². The van der Waals surface area contributed by atoms with Gasteiger partial charge in [0.15, 0.2) is 0 Å². The quantitative estimate of drug-likeness (QED) is 0.541. The van der Waals surface area contributed by atoms with E-state index in [0.29, 0.717) is 6.17 Å². The highest BCUT2D eigenvalue weighted by atomic mass is 15.5. The van der Waals surface area contributed by atoms with Crippen molar-refractivity contribution in [3.05, 3.63) is 5.43 Å². The molecule has 1 heterocycles. The van der Waals surface area contributed by atoms with Gasteiger partial charge < -0.3 is 15.8 Å². The van der Waals surface area contributed by atoms with E-state index in [0.717, 1.165) is 24.9 Å². The van der Waals surface area contributed by atoms with Gasteiger partial charge in [-0.05, 0) is 65.1 Å². The summed E-state index contributed by atoms with van der Waals surface area (Å²) in [6, 6.07) is 0. The smallest absolute Gasteiger partial charge is 0.135 e. The number of quaternary nitrogens is 1. The molecule has 136 valence electrons. The predicted molar refractivity (Wildman–Crippen MR) is 98.6 cm³/mol. The highest BCUT2D eigenvalue weighted by molar-refractivity contribution is 4.75. The van der Waals surface area contributed by atoms with Gasteiger partial charge in [0, 0.05) is 5.92 Å². The van der Waals surface area contributed by atoms with Crippen LogP contribution >= 0.6 is 0 Å². The van der Waals surface area contributed by atoms with Crippen LogP contribution in [0.15, 0.2) is 0 Å². The molecule has 4 nitrogen and oxygen atoms in total. The lowest BCUT2D eigenvalue weighted by Gasteiger charge is -2.40. The molecule has 0 spiro atoms. The monoisotopic (exact) mass is 324 g/mol. The number of unbranched alkanes of at least 4 members (excludes halogenated alkanes) is 2. The van der Waals surface area contributed by atoms with Crippen molar-refractivity contribution in [2.45, 2.75) is 77.3 Å². The molecule has 0 radical (unpaired) electrons. The van der Waals surface area contributed by atoms with Gasteiger partial charge in [0.05, 0.1) is 6.54 Å². The van der Waals surface area contributed by atoms with Gasteiger partial charge in [0.2, 0.25) is 0 Å². The minimum atomic E-state index is 0.520. The van der Waals surface area contributed by atoms with Gasteiger partial charge in [0.1, 0.15) is 6.17 Å². The summed E-state index contributed by atoms with van der Waals surface area (Å²) in [4.78, 5) is 0. The number of nitrogens with zero attached hydrogens (tertiary/aromatic N) is 1. The molecule has 2 aliphatic rings. The van der Waals surface area contributed by atoms with Crippen molar-refractivity contribution in [2.75, 3.05) is 33.2 Å². The van der Waals surface area contributed by atoms with Crippen LogP contribution in [0.25, 0.3) is 5.43 Å². The van der Waals surface area contributed by atoms with Crippen LogP contribution in [0.5, 0.6) is 0 Å². The van der Waals surface area contributed by atoms with E-state index in [9.17, 15) is 0 Å². The Morgan fingerprint density at radius 3 is 2.65 bits per heavy atom. The van der Waals surface area contributed by atoms with Crippen LogP contribution < -0.4 is 15.6 Å². The lowest BCUT2D eigenvalue weighted by Crippen LogP contribution is -3.14. The van der Waals surface area contributed by atoms with Crippen molar-refractivity contribution in [1.82, 2.24) is 10.6 Å². The molecule has 3 atom stereocenters. The summed E-state index contributed by atoms with van der Waals surface area (Å²) in [5.41, 5.74) is 4.90. The third-order valence-electron chi connectivity index (χ3n) is 5.61. The molecule has 0 aromatic rings. The van der Waals surface area contributed by atoms with Crippen molar-refractivity contribution in [3.8, 4) is 0 Å². The molecule has 3 unspecified atom stereocenters. The summed E-state index contributed by atoms with van der Waals surface area (Å²) in [5.74, 6) is 1.80. The summed E-state index contributed by atoms with van der Waals surface area (Å²) in [7, 11) is 2.13. The van der Waals surface area contributed by atoms with Crippen LogP contribution in [-0.4, -0.2) is 39.4 Å². The highest BCUT2D eigenvalue weighted by Gasteiger charge is 2.25. The van der Waals surface area contributed by atoms with Crippen molar-refractivity contribution < 1.29 is 5.01 Å².